The maximum absolute atomic E-state index is 5.87. The first-order valence-electron chi connectivity index (χ1n) is 18.8. The van der Waals surface area contributed by atoms with Gasteiger partial charge >= 0.3 is 116 Å². The largest absolute Gasteiger partial charge is 0.273 e. The molecule has 8 rings (SSSR count). The van der Waals surface area contributed by atoms with E-state index < -0.39 is 0 Å². The molecule has 0 aliphatic heterocycles. The molecule has 0 amide bonds. The first-order valence-corrected chi connectivity index (χ1v) is 20.4. The summed E-state index contributed by atoms with van der Waals surface area (Å²) < 4.78 is 1.45. The molecule has 7 aromatic carbocycles. The summed E-state index contributed by atoms with van der Waals surface area (Å²) in [5.41, 5.74) is 10.8. The summed E-state index contributed by atoms with van der Waals surface area (Å²) in [6, 6.07) is 52.4. The molecule has 0 fully saturated rings. The smallest absolute Gasteiger partial charge is 0.109 e. The SMILES string of the molecule is CC(C)(C)c1cc2c(cc1-c1ccccc1)[cH-]c1cc(-c3ccccc3)c(C(C)(C)C)cc12.Clc1ccc([C](=[Zr+2])Cc2ccccc2)cc1.[C-]1=CC=CC1. The summed E-state index contributed by atoms with van der Waals surface area (Å²) in [6.07, 6.45) is 11.0. The monoisotopic (exact) mass is 798 g/mol. The zero-order valence-electron chi connectivity index (χ0n) is 32.4. The van der Waals surface area contributed by atoms with Gasteiger partial charge in [-0.25, -0.2) is 12.2 Å². The summed E-state index contributed by atoms with van der Waals surface area (Å²) in [7, 11) is 0. The Morgan fingerprint density at radius 3 is 1.48 bits per heavy atom. The fraction of sp³-hybridized carbons (Fsp3) is 0.192. The van der Waals surface area contributed by atoms with Gasteiger partial charge < -0.3 is 0 Å². The van der Waals surface area contributed by atoms with Gasteiger partial charge in [0.1, 0.15) is 0 Å². The van der Waals surface area contributed by atoms with Gasteiger partial charge in [-0.15, -0.1) is 46.2 Å². The van der Waals surface area contributed by atoms with Crippen LogP contribution in [0.5, 0.6) is 0 Å². The van der Waals surface area contributed by atoms with Crippen LogP contribution in [0.1, 0.15) is 70.2 Å². The van der Waals surface area contributed by atoms with Gasteiger partial charge in [-0.3, -0.25) is 6.08 Å². The van der Waals surface area contributed by atoms with Gasteiger partial charge in [0.15, 0.2) is 0 Å². The maximum atomic E-state index is 5.87. The Morgan fingerprint density at radius 2 is 1.09 bits per heavy atom. The molecule has 0 aromatic heterocycles. The van der Waals surface area contributed by atoms with Gasteiger partial charge in [0, 0.05) is 0 Å². The third kappa shape index (κ3) is 9.87. The molecule has 7 aromatic rings. The fourth-order valence-corrected chi connectivity index (χ4v) is 7.99. The van der Waals surface area contributed by atoms with Crippen LogP contribution in [0.25, 0.3) is 43.8 Å². The van der Waals surface area contributed by atoms with Crippen LogP contribution in [-0.4, -0.2) is 3.21 Å². The Morgan fingerprint density at radius 1 is 0.630 bits per heavy atom. The van der Waals surface area contributed by atoms with E-state index in [4.69, 9.17) is 11.6 Å². The van der Waals surface area contributed by atoms with Crippen molar-refractivity contribution in [1.82, 2.24) is 0 Å². The molecule has 0 nitrogen and oxygen atoms in total. The van der Waals surface area contributed by atoms with E-state index in [0.29, 0.717) is 0 Å². The summed E-state index contributed by atoms with van der Waals surface area (Å²) >= 11 is 7.34. The second kappa shape index (κ2) is 17.5. The van der Waals surface area contributed by atoms with Gasteiger partial charge in [-0.05, 0) is 44.2 Å². The summed E-state index contributed by atoms with van der Waals surface area (Å²) in [5.74, 6) is 0. The van der Waals surface area contributed by atoms with Crippen molar-refractivity contribution in [2.24, 2.45) is 0 Å². The van der Waals surface area contributed by atoms with Crippen molar-refractivity contribution in [2.45, 2.75) is 65.2 Å². The zero-order chi connectivity index (χ0) is 38.3. The number of hydrogen-bond acceptors (Lipinski definition) is 0. The Balaban J connectivity index is 0.000000195. The first-order chi connectivity index (χ1) is 25.9. The average Bonchev–Trinajstić information content (AvgIpc) is 3.87. The number of fused-ring (bicyclic) bond motifs is 3. The molecular weight excluding hydrogens is 751 g/mol. The topological polar surface area (TPSA) is 0 Å². The molecule has 54 heavy (non-hydrogen) atoms. The molecular formula is C52H49ClZr. The van der Waals surface area contributed by atoms with Gasteiger partial charge in [0.2, 0.25) is 0 Å². The van der Waals surface area contributed by atoms with E-state index in [1.165, 1.54) is 93.5 Å². The number of allylic oxidation sites excluding steroid dienone is 4. The van der Waals surface area contributed by atoms with Gasteiger partial charge in [-0.1, -0.05) is 114 Å². The van der Waals surface area contributed by atoms with Crippen molar-refractivity contribution >= 4 is 36.4 Å². The van der Waals surface area contributed by atoms with Crippen molar-refractivity contribution in [3.63, 3.8) is 0 Å². The molecule has 1 aliphatic rings. The van der Waals surface area contributed by atoms with Crippen LogP contribution < -0.4 is 0 Å². The predicted octanol–water partition coefficient (Wildman–Crippen LogP) is 14.6. The van der Waals surface area contributed by atoms with E-state index in [1.54, 1.807) is 0 Å². The van der Waals surface area contributed by atoms with E-state index in [-0.39, 0.29) is 10.8 Å². The van der Waals surface area contributed by atoms with Crippen LogP contribution in [0.4, 0.5) is 0 Å². The maximum Gasteiger partial charge on any atom is -0.109 e. The van der Waals surface area contributed by atoms with E-state index in [2.05, 4.69) is 187 Å². The van der Waals surface area contributed by atoms with Crippen molar-refractivity contribution in [2.75, 3.05) is 0 Å². The van der Waals surface area contributed by atoms with Crippen molar-refractivity contribution in [1.29, 1.82) is 0 Å². The molecule has 1 aliphatic carbocycles. The molecule has 0 unspecified atom stereocenters. The minimum Gasteiger partial charge on any atom is -0.273 e. The minimum absolute atomic E-state index is 0.0554. The van der Waals surface area contributed by atoms with Crippen molar-refractivity contribution in [3.8, 4) is 22.3 Å². The van der Waals surface area contributed by atoms with Gasteiger partial charge in [0.25, 0.3) is 0 Å². The predicted molar refractivity (Wildman–Crippen MR) is 233 cm³/mol. The molecule has 0 heterocycles. The van der Waals surface area contributed by atoms with Crippen LogP contribution in [0, 0.1) is 6.08 Å². The quantitative estimate of drug-likeness (QED) is 0.152. The molecule has 268 valence electrons. The zero-order valence-corrected chi connectivity index (χ0v) is 35.6. The number of rotatable bonds is 5. The number of benzene rings is 6. The summed E-state index contributed by atoms with van der Waals surface area (Å²) in [6.45, 7) is 13.9. The van der Waals surface area contributed by atoms with Crippen LogP contribution in [0.3, 0.4) is 0 Å². The van der Waals surface area contributed by atoms with Crippen LogP contribution >= 0.6 is 11.6 Å². The van der Waals surface area contributed by atoms with E-state index in [9.17, 15) is 0 Å². The molecule has 0 saturated heterocycles. The van der Waals surface area contributed by atoms with Gasteiger partial charge in [0.05, 0.1) is 0 Å². The fourth-order valence-electron chi connectivity index (χ4n) is 6.95. The molecule has 0 bridgehead atoms. The Labute approximate surface area is 342 Å². The molecule has 0 saturated carbocycles. The van der Waals surface area contributed by atoms with Crippen LogP contribution in [-0.2, 0) is 41.5 Å². The van der Waals surface area contributed by atoms with Gasteiger partial charge in [-0.2, -0.15) is 6.08 Å². The average molecular weight is 801 g/mol. The molecule has 0 N–H and O–H groups in total. The number of hydrogen-bond donors (Lipinski definition) is 0. The Hall–Kier alpha value is -4.29. The van der Waals surface area contributed by atoms with E-state index >= 15 is 0 Å². The third-order valence-corrected chi connectivity index (χ3v) is 11.2. The second-order valence-corrected chi connectivity index (χ2v) is 17.9. The third-order valence-electron chi connectivity index (χ3n) is 9.77. The summed E-state index contributed by atoms with van der Waals surface area (Å²) in [5, 5.41) is 6.16. The van der Waals surface area contributed by atoms with Crippen molar-refractivity contribution < 1.29 is 24.2 Å². The summed E-state index contributed by atoms with van der Waals surface area (Å²) in [4.78, 5) is 0. The normalized spacial score (nSPS) is 12.3. The minimum atomic E-state index is 0.0554. The van der Waals surface area contributed by atoms with E-state index in [1.807, 2.05) is 24.3 Å². The van der Waals surface area contributed by atoms with E-state index in [0.717, 1.165) is 17.9 Å². The standard InChI is InChI=1S/C33H33.C14H11Cl.C5H5.Zr/c1-32(2,3)30-20-26-24(18-28(30)22-13-9-7-10-14-22)17-25-19-29(23-15-11-8-12-16-23)31(21-27(25)26)33(4,5)6;15-14-10-8-13(9-11-14)7-6-12-4-2-1-3-5-12;1-2-4-5-3-1;/h7-21H,1-6H3;1-5,8-11H,6H2;1-3H,4H2;/q-1;;-1;+2. The Kier molecular flexibility index (Phi) is 12.7. The molecule has 0 spiro atoms. The number of halogens is 1. The molecule has 0 atom stereocenters. The van der Waals surface area contributed by atoms with Crippen LogP contribution in [0.15, 0.2) is 164 Å². The van der Waals surface area contributed by atoms with Crippen LogP contribution in [0.2, 0.25) is 5.02 Å². The van der Waals surface area contributed by atoms with Crippen molar-refractivity contribution in [3.05, 3.63) is 197 Å². The molecule has 2 heteroatoms. The molecule has 0 radical (unpaired) electrons. The second-order valence-electron chi connectivity index (χ2n) is 16.0. The first kappa shape index (κ1) is 39.4. The Bertz CT molecular complexity index is 2260.